The summed E-state index contributed by atoms with van der Waals surface area (Å²) >= 11 is 0. The van der Waals surface area contributed by atoms with Gasteiger partial charge in [0.05, 0.1) is 59.2 Å². The molecule has 3 aromatic rings. The Morgan fingerprint density at radius 2 is 2.02 bits per heavy atom. The second-order valence-corrected chi connectivity index (χ2v) is 12.6. The molecule has 1 aromatic carbocycles. The molecule has 12 nitrogen and oxygen atoms in total. The number of nitrogens with zero attached hydrogens (tertiary/aromatic N) is 2. The Morgan fingerprint density at radius 1 is 1.21 bits per heavy atom. The third kappa shape index (κ3) is 4.91. The quantitative estimate of drug-likeness (QED) is 0.0826. The zero-order valence-electron chi connectivity index (χ0n) is 26.1. The molecule has 4 aliphatic rings. The summed E-state index contributed by atoms with van der Waals surface area (Å²) in [5.41, 5.74) is 4.65. The standard InChI is InChI=1S/C34H34FN5O7/c1-3-18-20-9-26-30-21(12-40(26)31(43)22(20)13-47-32(18)44)29-24(6-5-19-17(2)23(35)10-25(38-30)28(19)29)39-33(45)34(7-4-8-34)14-46-16-37-27(42)11-36-15-41/h3,9-10,15,24H,4-8,11-14,16H2,1-2H3,(H,36,41)(H,37,42)(H,39,45)/b18-3-. The van der Waals surface area contributed by atoms with Crippen LogP contribution >= 0.6 is 0 Å². The third-order valence-corrected chi connectivity index (χ3v) is 10.1. The lowest BCUT2D eigenvalue weighted by molar-refractivity contribution is -0.143. The number of rotatable bonds is 9. The number of aryl methyl sites for hydroxylation is 1. The average Bonchev–Trinajstić information content (AvgIpc) is 3.40. The van der Waals surface area contributed by atoms with Gasteiger partial charge in [-0.1, -0.05) is 12.5 Å². The minimum absolute atomic E-state index is 0.100. The van der Waals surface area contributed by atoms with Gasteiger partial charge in [0.2, 0.25) is 18.2 Å². The average molecular weight is 644 g/mol. The molecular formula is C34H34FN5O7. The third-order valence-electron chi connectivity index (χ3n) is 10.1. The van der Waals surface area contributed by atoms with Crippen molar-refractivity contribution in [3.8, 4) is 11.4 Å². The number of aromatic nitrogens is 2. The number of allylic oxidation sites excluding steroid dienone is 1. The molecule has 3 N–H and O–H groups in total. The number of pyridine rings is 2. The Balaban J connectivity index is 1.25. The largest absolute Gasteiger partial charge is 0.457 e. The Hall–Kier alpha value is -4.91. The van der Waals surface area contributed by atoms with Crippen LogP contribution in [0.3, 0.4) is 0 Å². The number of carbonyl (C=O) groups is 4. The lowest BCUT2D eigenvalue weighted by Crippen LogP contribution is -2.50. The monoisotopic (exact) mass is 643 g/mol. The topological polar surface area (TPSA) is 158 Å². The first-order valence-electron chi connectivity index (χ1n) is 15.7. The zero-order valence-corrected chi connectivity index (χ0v) is 26.1. The molecule has 47 heavy (non-hydrogen) atoms. The van der Waals surface area contributed by atoms with E-state index in [4.69, 9.17) is 14.5 Å². The van der Waals surface area contributed by atoms with E-state index < -0.39 is 23.3 Å². The number of esters is 1. The van der Waals surface area contributed by atoms with Gasteiger partial charge in [-0.25, -0.2) is 14.2 Å². The number of cyclic esters (lactones) is 1. The van der Waals surface area contributed by atoms with Crippen molar-refractivity contribution in [1.82, 2.24) is 25.5 Å². The van der Waals surface area contributed by atoms with Crippen LogP contribution in [0.5, 0.6) is 0 Å². The number of hydrogen-bond donors (Lipinski definition) is 3. The SMILES string of the molecule is C/C=C1\C(=O)OCc2c1cc1n(c2=O)Cc2c-1nc1cc(F)c(C)c3c1c2C(NC(=O)C1(COCNC(=O)CNC=O)CCC1)CC3. The van der Waals surface area contributed by atoms with Crippen LogP contribution in [0.25, 0.3) is 27.9 Å². The molecular weight excluding hydrogens is 609 g/mol. The molecule has 0 saturated heterocycles. The first-order chi connectivity index (χ1) is 22.7. The highest BCUT2D eigenvalue weighted by molar-refractivity contribution is 6.18. The summed E-state index contributed by atoms with van der Waals surface area (Å²) in [6, 6.07) is 2.78. The second kappa shape index (κ2) is 11.7. The van der Waals surface area contributed by atoms with Gasteiger partial charge in [0, 0.05) is 22.6 Å². The van der Waals surface area contributed by atoms with Crippen molar-refractivity contribution in [1.29, 1.82) is 0 Å². The molecule has 244 valence electrons. The molecule has 4 heterocycles. The Kier molecular flexibility index (Phi) is 7.66. The van der Waals surface area contributed by atoms with Crippen LogP contribution in [-0.2, 0) is 48.2 Å². The van der Waals surface area contributed by atoms with Crippen molar-refractivity contribution >= 4 is 40.7 Å². The van der Waals surface area contributed by atoms with E-state index in [1.54, 1.807) is 30.6 Å². The fourth-order valence-corrected chi connectivity index (χ4v) is 7.39. The van der Waals surface area contributed by atoms with Gasteiger partial charge in [0.15, 0.2) is 0 Å². The fraction of sp³-hybridized carbons (Fsp3) is 0.412. The number of benzene rings is 1. The van der Waals surface area contributed by atoms with Gasteiger partial charge in [-0.15, -0.1) is 0 Å². The van der Waals surface area contributed by atoms with E-state index in [9.17, 15) is 24.0 Å². The summed E-state index contributed by atoms with van der Waals surface area (Å²) in [6.45, 7) is 3.39. The number of amides is 3. The van der Waals surface area contributed by atoms with Crippen molar-refractivity contribution in [3.63, 3.8) is 0 Å². The summed E-state index contributed by atoms with van der Waals surface area (Å²) < 4.78 is 27.8. The van der Waals surface area contributed by atoms with E-state index in [1.807, 2.05) is 0 Å². The van der Waals surface area contributed by atoms with Gasteiger partial charge in [0.1, 0.15) is 19.2 Å². The summed E-state index contributed by atoms with van der Waals surface area (Å²) in [4.78, 5) is 67.4. The van der Waals surface area contributed by atoms with Crippen molar-refractivity contribution < 1.29 is 33.0 Å². The summed E-state index contributed by atoms with van der Waals surface area (Å²) in [6.07, 6.45) is 5.22. The van der Waals surface area contributed by atoms with E-state index in [2.05, 4.69) is 16.0 Å². The van der Waals surface area contributed by atoms with Crippen LogP contribution in [0.2, 0.25) is 0 Å². The van der Waals surface area contributed by atoms with Crippen LogP contribution in [0.1, 0.15) is 72.0 Å². The minimum Gasteiger partial charge on any atom is -0.457 e. The molecule has 1 fully saturated rings. The fourth-order valence-electron chi connectivity index (χ4n) is 7.39. The predicted molar refractivity (Wildman–Crippen MR) is 167 cm³/mol. The number of nitrogens with one attached hydrogen (secondary N) is 3. The maximum Gasteiger partial charge on any atom is 0.338 e. The Bertz CT molecular complexity index is 1980. The highest BCUT2D eigenvalue weighted by atomic mass is 19.1. The number of halogens is 1. The van der Waals surface area contributed by atoms with Gasteiger partial charge < -0.3 is 30.0 Å². The van der Waals surface area contributed by atoms with Crippen molar-refractivity contribution in [2.24, 2.45) is 5.41 Å². The minimum atomic E-state index is -0.769. The van der Waals surface area contributed by atoms with Gasteiger partial charge in [-0.3, -0.25) is 19.2 Å². The van der Waals surface area contributed by atoms with Gasteiger partial charge in [0.25, 0.3) is 5.56 Å². The molecule has 1 atom stereocenters. The lowest BCUT2D eigenvalue weighted by Gasteiger charge is -2.41. The second-order valence-electron chi connectivity index (χ2n) is 12.6. The van der Waals surface area contributed by atoms with Gasteiger partial charge >= 0.3 is 5.97 Å². The van der Waals surface area contributed by atoms with Crippen molar-refractivity contribution in [2.75, 3.05) is 19.9 Å². The van der Waals surface area contributed by atoms with E-state index in [1.165, 1.54) is 6.07 Å². The number of fused-ring (bicyclic) bond motifs is 5. The number of hydrogen-bond acceptors (Lipinski definition) is 8. The summed E-state index contributed by atoms with van der Waals surface area (Å²) in [7, 11) is 0. The molecule has 13 heteroatoms. The van der Waals surface area contributed by atoms with Crippen LogP contribution in [-0.4, -0.2) is 53.6 Å². The van der Waals surface area contributed by atoms with Crippen molar-refractivity contribution in [2.45, 2.75) is 65.1 Å². The molecule has 0 bridgehead atoms. The molecule has 1 saturated carbocycles. The highest BCUT2D eigenvalue weighted by Gasteiger charge is 2.46. The number of carbonyl (C=O) groups excluding carboxylic acids is 4. The molecule has 0 spiro atoms. The summed E-state index contributed by atoms with van der Waals surface area (Å²) in [5.74, 6) is -1.44. The lowest BCUT2D eigenvalue weighted by atomic mass is 9.68. The van der Waals surface area contributed by atoms with Crippen LogP contribution in [0, 0.1) is 18.2 Å². The molecule has 2 aromatic heterocycles. The first kappa shape index (κ1) is 30.7. The molecule has 2 aliphatic heterocycles. The van der Waals surface area contributed by atoms with E-state index in [-0.39, 0.29) is 50.3 Å². The first-order valence-corrected chi connectivity index (χ1v) is 15.7. The number of ether oxygens (including phenoxy) is 2. The Morgan fingerprint density at radius 3 is 2.74 bits per heavy atom. The maximum atomic E-state index is 15.2. The highest BCUT2D eigenvalue weighted by Crippen LogP contribution is 2.47. The maximum absolute atomic E-state index is 15.2. The van der Waals surface area contributed by atoms with Crippen molar-refractivity contribution in [3.05, 3.63) is 67.8 Å². The van der Waals surface area contributed by atoms with Crippen LogP contribution in [0.15, 0.2) is 23.0 Å². The molecule has 1 unspecified atom stereocenters. The smallest absolute Gasteiger partial charge is 0.338 e. The zero-order chi connectivity index (χ0) is 33.0. The normalized spacial score (nSPS) is 19.3. The predicted octanol–water partition coefficient (Wildman–Crippen LogP) is 2.44. The molecule has 3 amide bonds. The Labute approximate surface area is 268 Å². The molecule has 7 rings (SSSR count). The van der Waals surface area contributed by atoms with Crippen LogP contribution in [0.4, 0.5) is 4.39 Å². The van der Waals surface area contributed by atoms with Crippen LogP contribution < -0.4 is 21.5 Å². The van der Waals surface area contributed by atoms with E-state index >= 15 is 4.39 Å². The molecule has 2 aliphatic carbocycles. The van der Waals surface area contributed by atoms with Gasteiger partial charge in [-0.05, 0) is 62.3 Å². The van der Waals surface area contributed by atoms with E-state index in [0.29, 0.717) is 71.3 Å². The van der Waals surface area contributed by atoms with Gasteiger partial charge in [-0.2, -0.15) is 0 Å². The van der Waals surface area contributed by atoms with E-state index in [0.717, 1.165) is 28.5 Å². The summed E-state index contributed by atoms with van der Waals surface area (Å²) in [5, 5.41) is 8.91. The molecule has 0 radical (unpaired) electrons.